The van der Waals surface area contributed by atoms with Crippen molar-refractivity contribution in [2.24, 2.45) is 4.99 Å². The van der Waals surface area contributed by atoms with Gasteiger partial charge in [-0.15, -0.1) is 11.8 Å². The molecule has 5 heteroatoms. The molecule has 0 amide bonds. The van der Waals surface area contributed by atoms with Crippen molar-refractivity contribution in [1.29, 1.82) is 0 Å². The molecule has 0 radical (unpaired) electrons. The third-order valence-corrected chi connectivity index (χ3v) is 5.66. The first kappa shape index (κ1) is 16.8. The van der Waals surface area contributed by atoms with Crippen molar-refractivity contribution >= 4 is 28.8 Å². The summed E-state index contributed by atoms with van der Waals surface area (Å²) in [5.41, 5.74) is 4.30. The Hall–Kier alpha value is -2.60. The predicted molar refractivity (Wildman–Crippen MR) is 106 cm³/mol. The van der Waals surface area contributed by atoms with E-state index >= 15 is 0 Å². The summed E-state index contributed by atoms with van der Waals surface area (Å²) >= 11 is 1.73. The molecule has 0 aliphatic carbocycles. The molecular formula is C21H17N2O2S-. The molecule has 4 nitrogen and oxygen atoms in total. The van der Waals surface area contributed by atoms with Crippen molar-refractivity contribution in [3.63, 3.8) is 0 Å². The summed E-state index contributed by atoms with van der Waals surface area (Å²) in [5.74, 6) is 0. The van der Waals surface area contributed by atoms with E-state index in [1.165, 1.54) is 0 Å². The van der Waals surface area contributed by atoms with Crippen LogP contribution in [0.15, 0.2) is 88.8 Å². The lowest BCUT2D eigenvalue weighted by Crippen LogP contribution is -2.09. The number of thioether (sulfide) groups is 1. The Morgan fingerprint density at radius 1 is 0.962 bits per heavy atom. The molecule has 1 heterocycles. The SMILES string of the molecule is [O-]N(O)c1cccc(C2CC(c3ccccc3)=Nc3ccccc3S2)c1. The van der Waals surface area contributed by atoms with Gasteiger partial charge in [-0.2, -0.15) is 0 Å². The first-order valence-electron chi connectivity index (χ1n) is 8.35. The van der Waals surface area contributed by atoms with Crippen LogP contribution in [-0.4, -0.2) is 10.9 Å². The van der Waals surface area contributed by atoms with Crippen LogP contribution in [0, 0.1) is 5.21 Å². The van der Waals surface area contributed by atoms with Crippen molar-refractivity contribution < 1.29 is 5.21 Å². The minimum absolute atomic E-state index is 0.0923. The number of rotatable bonds is 3. The van der Waals surface area contributed by atoms with Crippen LogP contribution in [-0.2, 0) is 0 Å². The smallest absolute Gasteiger partial charge is 0.0769 e. The zero-order valence-electron chi connectivity index (χ0n) is 13.9. The maximum atomic E-state index is 11.3. The van der Waals surface area contributed by atoms with E-state index in [-0.39, 0.29) is 16.2 Å². The third kappa shape index (κ3) is 3.51. The standard InChI is InChI=1S/C21H17N2O2S/c24-23(25)17-10-6-9-16(13-17)21-14-19(15-7-2-1-3-8-15)22-18-11-4-5-12-20(18)26-21/h1-13,21,24H,14H2/q-1. The molecule has 0 fully saturated rings. The summed E-state index contributed by atoms with van der Waals surface area (Å²) in [6, 6.07) is 25.4. The lowest BCUT2D eigenvalue weighted by molar-refractivity contribution is 0.296. The number of benzene rings is 3. The minimum atomic E-state index is -0.0923. The molecule has 0 bridgehead atoms. The van der Waals surface area contributed by atoms with Crippen molar-refractivity contribution in [2.75, 3.05) is 5.23 Å². The molecule has 0 aromatic heterocycles. The Morgan fingerprint density at radius 2 is 1.73 bits per heavy atom. The highest BCUT2D eigenvalue weighted by Crippen LogP contribution is 2.45. The summed E-state index contributed by atoms with van der Waals surface area (Å²) in [6.07, 6.45) is 0.733. The molecule has 3 aromatic rings. The number of nitrogens with zero attached hydrogens (tertiary/aromatic N) is 2. The van der Waals surface area contributed by atoms with E-state index < -0.39 is 0 Å². The Morgan fingerprint density at radius 3 is 2.54 bits per heavy atom. The Balaban J connectivity index is 1.78. The lowest BCUT2D eigenvalue weighted by Gasteiger charge is -2.24. The van der Waals surface area contributed by atoms with Gasteiger partial charge in [0.1, 0.15) is 0 Å². The van der Waals surface area contributed by atoms with Gasteiger partial charge < -0.3 is 10.4 Å². The van der Waals surface area contributed by atoms with E-state index in [9.17, 15) is 10.4 Å². The van der Waals surface area contributed by atoms with E-state index in [0.29, 0.717) is 0 Å². The lowest BCUT2D eigenvalue weighted by atomic mass is 10.0. The quantitative estimate of drug-likeness (QED) is 0.605. The highest BCUT2D eigenvalue weighted by atomic mass is 32.2. The number of fused-ring (bicyclic) bond motifs is 1. The molecule has 26 heavy (non-hydrogen) atoms. The van der Waals surface area contributed by atoms with Gasteiger partial charge in [0.05, 0.1) is 11.4 Å². The zero-order chi connectivity index (χ0) is 17.9. The number of anilines is 1. The summed E-state index contributed by atoms with van der Waals surface area (Å²) < 4.78 is 0. The summed E-state index contributed by atoms with van der Waals surface area (Å²) in [6.45, 7) is 0. The number of para-hydroxylation sites is 1. The molecule has 1 atom stereocenters. The highest BCUT2D eigenvalue weighted by Gasteiger charge is 2.22. The van der Waals surface area contributed by atoms with E-state index in [0.717, 1.165) is 33.8 Å². The number of hydrogen-bond acceptors (Lipinski definition) is 5. The molecule has 130 valence electrons. The molecule has 0 spiro atoms. The van der Waals surface area contributed by atoms with Gasteiger partial charge in [-0.25, -0.2) is 0 Å². The molecular weight excluding hydrogens is 344 g/mol. The number of aliphatic imine (C=N–C) groups is 1. The number of hydrogen-bond donors (Lipinski definition) is 1. The predicted octanol–water partition coefficient (Wildman–Crippen LogP) is 5.74. The van der Waals surface area contributed by atoms with Crippen molar-refractivity contribution in [3.05, 3.63) is 95.2 Å². The second kappa shape index (κ2) is 7.33. The highest BCUT2D eigenvalue weighted by molar-refractivity contribution is 7.99. The largest absolute Gasteiger partial charge is 0.733 e. The van der Waals surface area contributed by atoms with Crippen LogP contribution in [0.5, 0.6) is 0 Å². The Labute approximate surface area is 156 Å². The van der Waals surface area contributed by atoms with Gasteiger partial charge in [-0.3, -0.25) is 10.2 Å². The van der Waals surface area contributed by atoms with Crippen LogP contribution in [0.25, 0.3) is 0 Å². The molecule has 0 saturated heterocycles. The van der Waals surface area contributed by atoms with E-state index in [1.807, 2.05) is 42.5 Å². The van der Waals surface area contributed by atoms with Gasteiger partial charge in [-0.05, 0) is 35.4 Å². The normalized spacial score (nSPS) is 16.4. The molecule has 0 saturated carbocycles. The van der Waals surface area contributed by atoms with Crippen molar-refractivity contribution in [3.8, 4) is 0 Å². The van der Waals surface area contributed by atoms with Gasteiger partial charge in [0.25, 0.3) is 0 Å². The van der Waals surface area contributed by atoms with Gasteiger partial charge in [0.15, 0.2) is 0 Å². The zero-order valence-corrected chi connectivity index (χ0v) is 14.8. The first-order chi connectivity index (χ1) is 12.7. The van der Waals surface area contributed by atoms with Crippen LogP contribution >= 0.6 is 11.8 Å². The first-order valence-corrected chi connectivity index (χ1v) is 9.23. The fourth-order valence-electron chi connectivity index (χ4n) is 3.05. The van der Waals surface area contributed by atoms with E-state index in [1.54, 1.807) is 30.0 Å². The van der Waals surface area contributed by atoms with Crippen LogP contribution in [0.1, 0.15) is 22.8 Å². The summed E-state index contributed by atoms with van der Waals surface area (Å²) in [5, 5.41) is 20.5. The summed E-state index contributed by atoms with van der Waals surface area (Å²) in [7, 11) is 0. The second-order valence-electron chi connectivity index (χ2n) is 6.07. The van der Waals surface area contributed by atoms with E-state index in [4.69, 9.17) is 4.99 Å². The Bertz CT molecular complexity index is 942. The topological polar surface area (TPSA) is 58.9 Å². The van der Waals surface area contributed by atoms with Crippen LogP contribution < -0.4 is 5.23 Å². The maximum Gasteiger partial charge on any atom is 0.0769 e. The van der Waals surface area contributed by atoms with Crippen LogP contribution in [0.2, 0.25) is 0 Å². The Kier molecular flexibility index (Phi) is 4.75. The summed E-state index contributed by atoms with van der Waals surface area (Å²) in [4.78, 5) is 6.03. The second-order valence-corrected chi connectivity index (χ2v) is 7.32. The monoisotopic (exact) mass is 361 g/mol. The average Bonchev–Trinajstić information content (AvgIpc) is 2.88. The molecule has 1 N–H and O–H groups in total. The van der Waals surface area contributed by atoms with Crippen LogP contribution in [0.3, 0.4) is 0 Å². The van der Waals surface area contributed by atoms with Gasteiger partial charge in [0, 0.05) is 22.3 Å². The molecule has 4 rings (SSSR count). The molecule has 1 aliphatic heterocycles. The average molecular weight is 361 g/mol. The van der Waals surface area contributed by atoms with Gasteiger partial charge in [0.2, 0.25) is 0 Å². The minimum Gasteiger partial charge on any atom is -0.733 e. The van der Waals surface area contributed by atoms with Crippen molar-refractivity contribution in [2.45, 2.75) is 16.6 Å². The van der Waals surface area contributed by atoms with E-state index in [2.05, 4.69) is 18.2 Å². The van der Waals surface area contributed by atoms with Gasteiger partial charge in [-0.1, -0.05) is 54.6 Å². The van der Waals surface area contributed by atoms with Crippen molar-refractivity contribution in [1.82, 2.24) is 0 Å². The maximum absolute atomic E-state index is 11.3. The molecule has 1 unspecified atom stereocenters. The van der Waals surface area contributed by atoms with Crippen LogP contribution in [0.4, 0.5) is 11.4 Å². The fourth-order valence-corrected chi connectivity index (χ4v) is 4.28. The third-order valence-electron chi connectivity index (χ3n) is 4.34. The van der Waals surface area contributed by atoms with Gasteiger partial charge >= 0.3 is 0 Å². The molecule has 3 aromatic carbocycles. The molecule has 1 aliphatic rings. The fraction of sp³-hybridized carbons (Fsp3) is 0.0952.